The van der Waals surface area contributed by atoms with Crippen molar-refractivity contribution in [3.05, 3.63) is 29.3 Å². The van der Waals surface area contributed by atoms with Gasteiger partial charge in [0.2, 0.25) is 0 Å². The monoisotopic (exact) mass is 200 g/mol. The summed E-state index contributed by atoms with van der Waals surface area (Å²) in [6.45, 7) is 1.84. The molecule has 0 fully saturated rings. The topological polar surface area (TPSA) is 46.5 Å². The number of hydrogen-bond donors (Lipinski definition) is 1. The number of carboxylic acids is 1. The Kier molecular flexibility index (Phi) is 3.14. The molecule has 4 heteroatoms. The molecule has 0 aliphatic heterocycles. The lowest BCUT2D eigenvalue weighted by molar-refractivity contribution is -0.136. The molecular weight excluding hydrogens is 192 g/mol. The summed E-state index contributed by atoms with van der Waals surface area (Å²) in [6.07, 6.45) is -0.0140. The van der Waals surface area contributed by atoms with Crippen molar-refractivity contribution in [2.45, 2.75) is 13.3 Å². The summed E-state index contributed by atoms with van der Waals surface area (Å²) in [4.78, 5) is 10.4. The highest BCUT2D eigenvalue weighted by Crippen LogP contribution is 2.18. The first-order chi connectivity index (χ1) is 6.13. The molecule has 0 bridgehead atoms. The van der Waals surface area contributed by atoms with E-state index in [9.17, 15) is 4.79 Å². The van der Waals surface area contributed by atoms with E-state index in [1.807, 2.05) is 6.92 Å². The standard InChI is InChI=1S/C9H9ClO3/c1-6-2-3-8(13-10)4-7(6)5-9(11)12/h2-4H,5H2,1H3,(H,11,12). The number of benzene rings is 1. The van der Waals surface area contributed by atoms with Crippen molar-refractivity contribution in [3.63, 3.8) is 0 Å². The molecule has 0 unspecified atom stereocenters. The van der Waals surface area contributed by atoms with Gasteiger partial charge in [-0.25, -0.2) is 0 Å². The van der Waals surface area contributed by atoms with Crippen molar-refractivity contribution < 1.29 is 14.2 Å². The van der Waals surface area contributed by atoms with Gasteiger partial charge >= 0.3 is 5.97 Å². The second-order valence-corrected chi connectivity index (χ2v) is 2.89. The molecule has 0 atom stereocenters. The lowest BCUT2D eigenvalue weighted by Gasteiger charge is -2.03. The maximum Gasteiger partial charge on any atom is 0.307 e. The highest BCUT2D eigenvalue weighted by molar-refractivity contribution is 6.09. The van der Waals surface area contributed by atoms with E-state index in [0.29, 0.717) is 11.3 Å². The van der Waals surface area contributed by atoms with Crippen molar-refractivity contribution in [1.29, 1.82) is 0 Å². The minimum absolute atomic E-state index is 0.0140. The Labute approximate surface area is 81.1 Å². The molecule has 3 nitrogen and oxygen atoms in total. The summed E-state index contributed by atoms with van der Waals surface area (Å²) in [7, 11) is 0. The molecular formula is C9H9ClO3. The smallest absolute Gasteiger partial charge is 0.307 e. The number of aliphatic carboxylic acids is 1. The molecule has 1 rings (SSSR count). The predicted molar refractivity (Wildman–Crippen MR) is 49.0 cm³/mol. The van der Waals surface area contributed by atoms with E-state index in [4.69, 9.17) is 17.0 Å². The van der Waals surface area contributed by atoms with Gasteiger partial charge in [-0.05, 0) is 30.2 Å². The quantitative estimate of drug-likeness (QED) is 0.813. The fraction of sp³-hybridized carbons (Fsp3) is 0.222. The van der Waals surface area contributed by atoms with E-state index in [-0.39, 0.29) is 6.42 Å². The minimum Gasteiger partial charge on any atom is -0.481 e. The molecule has 13 heavy (non-hydrogen) atoms. The largest absolute Gasteiger partial charge is 0.481 e. The Balaban J connectivity index is 2.96. The number of carbonyl (C=O) groups is 1. The summed E-state index contributed by atoms with van der Waals surface area (Å²) in [5.74, 6) is -0.404. The lowest BCUT2D eigenvalue weighted by Crippen LogP contribution is -2.01. The highest BCUT2D eigenvalue weighted by atomic mass is 35.5. The van der Waals surface area contributed by atoms with Gasteiger partial charge in [0.1, 0.15) is 17.6 Å². The first-order valence-electron chi connectivity index (χ1n) is 3.73. The number of carboxylic acid groups (broad SMARTS) is 1. The number of rotatable bonds is 3. The first kappa shape index (κ1) is 9.86. The normalized spacial score (nSPS) is 9.69. The van der Waals surface area contributed by atoms with Crippen molar-refractivity contribution in [2.75, 3.05) is 0 Å². The van der Waals surface area contributed by atoms with E-state index >= 15 is 0 Å². The summed E-state index contributed by atoms with van der Waals surface area (Å²) in [6, 6.07) is 5.08. The van der Waals surface area contributed by atoms with Crippen molar-refractivity contribution >= 4 is 17.8 Å². The van der Waals surface area contributed by atoms with Crippen LogP contribution in [-0.4, -0.2) is 11.1 Å². The van der Waals surface area contributed by atoms with Crippen LogP contribution < -0.4 is 4.29 Å². The summed E-state index contributed by atoms with van der Waals surface area (Å²) >= 11 is 5.14. The van der Waals surface area contributed by atoms with Crippen LogP contribution in [0.4, 0.5) is 0 Å². The molecule has 0 saturated carbocycles. The highest BCUT2D eigenvalue weighted by Gasteiger charge is 2.05. The summed E-state index contributed by atoms with van der Waals surface area (Å²) in [5.41, 5.74) is 1.63. The maximum atomic E-state index is 10.4. The van der Waals surface area contributed by atoms with Crippen molar-refractivity contribution in [3.8, 4) is 5.75 Å². The predicted octanol–water partition coefficient (Wildman–Crippen LogP) is 2.15. The van der Waals surface area contributed by atoms with Gasteiger partial charge in [-0.2, -0.15) is 0 Å². The Bertz CT molecular complexity index is 323. The zero-order valence-corrected chi connectivity index (χ0v) is 7.84. The van der Waals surface area contributed by atoms with E-state index in [1.165, 1.54) is 0 Å². The SMILES string of the molecule is Cc1ccc(OCl)cc1CC(=O)O. The second-order valence-electron chi connectivity index (χ2n) is 2.74. The van der Waals surface area contributed by atoms with Crippen LogP contribution in [0.3, 0.4) is 0 Å². The molecule has 0 saturated heterocycles. The van der Waals surface area contributed by atoms with Crippen LogP contribution in [0, 0.1) is 6.92 Å². The zero-order valence-electron chi connectivity index (χ0n) is 7.08. The second kappa shape index (κ2) is 4.14. The number of aryl methyl sites for hydroxylation is 1. The van der Waals surface area contributed by atoms with Gasteiger partial charge in [-0.3, -0.25) is 4.79 Å². The molecule has 0 radical (unpaired) electrons. The average Bonchev–Trinajstić information content (AvgIpc) is 2.08. The van der Waals surface area contributed by atoms with Crippen LogP contribution >= 0.6 is 11.9 Å². The van der Waals surface area contributed by atoms with Gasteiger partial charge in [0.25, 0.3) is 0 Å². The van der Waals surface area contributed by atoms with Crippen molar-refractivity contribution in [2.24, 2.45) is 0 Å². The van der Waals surface area contributed by atoms with Crippen LogP contribution in [-0.2, 0) is 11.2 Å². The lowest BCUT2D eigenvalue weighted by atomic mass is 10.1. The van der Waals surface area contributed by atoms with Crippen molar-refractivity contribution in [1.82, 2.24) is 0 Å². The first-order valence-corrected chi connectivity index (χ1v) is 4.04. The molecule has 1 aromatic rings. The number of hydrogen-bond acceptors (Lipinski definition) is 2. The third-order valence-electron chi connectivity index (χ3n) is 1.75. The summed E-state index contributed by atoms with van der Waals surface area (Å²) in [5, 5.41) is 8.58. The van der Waals surface area contributed by atoms with E-state index in [1.54, 1.807) is 18.2 Å². The fourth-order valence-electron chi connectivity index (χ4n) is 1.05. The molecule has 70 valence electrons. The summed E-state index contributed by atoms with van der Waals surface area (Å²) < 4.78 is 4.47. The van der Waals surface area contributed by atoms with E-state index in [0.717, 1.165) is 5.56 Å². The molecule has 1 N–H and O–H groups in total. The Morgan fingerprint density at radius 1 is 1.62 bits per heavy atom. The van der Waals surface area contributed by atoms with Crippen LogP contribution in [0.2, 0.25) is 0 Å². The van der Waals surface area contributed by atoms with Gasteiger partial charge < -0.3 is 9.40 Å². The molecule has 0 aliphatic rings. The average molecular weight is 201 g/mol. The third-order valence-corrected chi connectivity index (χ3v) is 1.93. The Morgan fingerprint density at radius 3 is 2.85 bits per heavy atom. The molecule has 0 aromatic heterocycles. The van der Waals surface area contributed by atoms with Gasteiger partial charge in [-0.1, -0.05) is 6.07 Å². The Morgan fingerprint density at radius 2 is 2.31 bits per heavy atom. The van der Waals surface area contributed by atoms with Crippen LogP contribution in [0.1, 0.15) is 11.1 Å². The molecule has 1 aromatic carbocycles. The minimum atomic E-state index is -0.866. The molecule has 0 spiro atoms. The fourth-order valence-corrected chi connectivity index (χ4v) is 1.15. The molecule has 0 heterocycles. The molecule has 0 amide bonds. The molecule has 0 aliphatic carbocycles. The Hall–Kier alpha value is -1.22. The van der Waals surface area contributed by atoms with Gasteiger partial charge in [-0.15, -0.1) is 0 Å². The van der Waals surface area contributed by atoms with Crippen LogP contribution in [0.15, 0.2) is 18.2 Å². The van der Waals surface area contributed by atoms with E-state index < -0.39 is 5.97 Å². The van der Waals surface area contributed by atoms with E-state index in [2.05, 4.69) is 4.29 Å². The van der Waals surface area contributed by atoms with Gasteiger partial charge in [0, 0.05) is 0 Å². The van der Waals surface area contributed by atoms with Gasteiger partial charge in [0.15, 0.2) is 0 Å². The van der Waals surface area contributed by atoms with Gasteiger partial charge in [0.05, 0.1) is 6.42 Å². The van der Waals surface area contributed by atoms with Crippen LogP contribution in [0.25, 0.3) is 0 Å². The zero-order chi connectivity index (χ0) is 9.84. The third kappa shape index (κ3) is 2.63. The number of halogens is 1. The maximum absolute atomic E-state index is 10.4. The van der Waals surface area contributed by atoms with Crippen LogP contribution in [0.5, 0.6) is 5.75 Å².